The van der Waals surface area contributed by atoms with E-state index in [4.69, 9.17) is 19.3 Å². The van der Waals surface area contributed by atoms with Gasteiger partial charge in [0.1, 0.15) is 24.2 Å². The van der Waals surface area contributed by atoms with E-state index in [0.29, 0.717) is 53.3 Å². The fourth-order valence-corrected chi connectivity index (χ4v) is 4.88. The number of benzene rings is 1. The lowest BCUT2D eigenvalue weighted by Crippen LogP contribution is -2.30. The summed E-state index contributed by atoms with van der Waals surface area (Å²) in [7, 11) is 1.55. The second-order valence-corrected chi connectivity index (χ2v) is 8.88. The summed E-state index contributed by atoms with van der Waals surface area (Å²) in [6, 6.07) is 3.50. The molecule has 0 aromatic heterocycles. The maximum Gasteiger partial charge on any atom is 0.254 e. The predicted molar refractivity (Wildman–Crippen MR) is 127 cm³/mol. The highest BCUT2D eigenvalue weighted by Crippen LogP contribution is 2.46. The van der Waals surface area contributed by atoms with Crippen LogP contribution >= 0.6 is 0 Å². The van der Waals surface area contributed by atoms with E-state index in [1.165, 1.54) is 0 Å². The van der Waals surface area contributed by atoms with E-state index < -0.39 is 0 Å². The first kappa shape index (κ1) is 24.0. The average Bonchev–Trinajstić information content (AvgIpc) is 3.15. The third-order valence-corrected chi connectivity index (χ3v) is 6.63. The fraction of sp³-hybridized carbons (Fsp3) is 0.462. The number of aliphatic hydroxyl groups excluding tert-OH is 1. The van der Waals surface area contributed by atoms with Gasteiger partial charge in [-0.15, -0.1) is 0 Å². The molecule has 2 aliphatic heterocycles. The van der Waals surface area contributed by atoms with E-state index in [1.807, 2.05) is 19.9 Å². The molecule has 2 fully saturated rings. The summed E-state index contributed by atoms with van der Waals surface area (Å²) in [5, 5.41) is 14.8. The van der Waals surface area contributed by atoms with Gasteiger partial charge in [-0.1, -0.05) is 12.7 Å². The molecule has 0 radical (unpaired) electrons. The fourth-order valence-electron chi connectivity index (χ4n) is 4.88. The first-order chi connectivity index (χ1) is 16.4. The Hall–Kier alpha value is -3.10. The van der Waals surface area contributed by atoms with E-state index in [2.05, 4.69) is 17.2 Å². The Morgan fingerprint density at radius 3 is 2.65 bits per heavy atom. The molecule has 182 valence electrons. The number of hydrogen-bond donors (Lipinski definition) is 3. The van der Waals surface area contributed by atoms with E-state index in [1.54, 1.807) is 31.3 Å². The van der Waals surface area contributed by atoms with Crippen LogP contribution in [0.15, 0.2) is 48.3 Å². The van der Waals surface area contributed by atoms with Crippen LogP contribution in [-0.2, 0) is 9.47 Å². The van der Waals surface area contributed by atoms with E-state index in [9.17, 15) is 9.59 Å². The lowest BCUT2D eigenvalue weighted by atomic mass is 9.87. The Balaban J connectivity index is 1.66. The van der Waals surface area contributed by atoms with E-state index in [-0.39, 0.29) is 43.1 Å². The van der Waals surface area contributed by atoms with Gasteiger partial charge in [0.25, 0.3) is 11.8 Å². The molecule has 2 amide bonds. The predicted octanol–water partition coefficient (Wildman–Crippen LogP) is 2.31. The van der Waals surface area contributed by atoms with Crippen LogP contribution in [0.5, 0.6) is 5.75 Å². The monoisotopic (exact) mass is 468 g/mol. The van der Waals surface area contributed by atoms with E-state index in [0.717, 1.165) is 5.56 Å². The standard InChI is InChI=1S/C26H32N2O6/c1-5-6-17(33-8-7-29)9-14(2)22-15(3)34-24-18(22)10-16(11-19(24)26(31)27-4)25(30)28-23-20-12-32-13-21(20)23/h5-6,9-11,15,20-23,29H,2,7-8,12-13H2,1,3-4H3,(H,27,31)(H,28,30)/b6-5-,17-9+/t15-,20-,21+,22-,23+/m0/s1. The van der Waals surface area contributed by atoms with Gasteiger partial charge in [-0.05, 0) is 43.7 Å². The molecule has 0 unspecified atom stereocenters. The highest BCUT2D eigenvalue weighted by atomic mass is 16.5. The number of fused-ring (bicyclic) bond motifs is 2. The molecule has 1 aromatic carbocycles. The summed E-state index contributed by atoms with van der Waals surface area (Å²) in [6.07, 6.45) is 5.12. The van der Waals surface area contributed by atoms with Crippen molar-refractivity contribution in [3.8, 4) is 5.75 Å². The smallest absolute Gasteiger partial charge is 0.254 e. The molecule has 8 heteroatoms. The maximum absolute atomic E-state index is 13.1. The SMILES string of the molecule is C=C(/C=C(\C=C/C)OCCO)[C@@H]1c2cc(C(=O)N[C@H]3[C@@H]4COC[C@@H]43)cc(C(=O)NC)c2O[C@H]1C. The second-order valence-electron chi connectivity index (χ2n) is 8.88. The minimum Gasteiger partial charge on any atom is -0.491 e. The lowest BCUT2D eigenvalue weighted by Gasteiger charge is -2.17. The Kier molecular flexibility index (Phi) is 7.09. The number of hydrogen-bond acceptors (Lipinski definition) is 6. The molecule has 1 aliphatic carbocycles. The number of allylic oxidation sites excluding steroid dienone is 3. The van der Waals surface area contributed by atoms with Crippen molar-refractivity contribution in [2.75, 3.05) is 33.5 Å². The van der Waals surface area contributed by atoms with Crippen LogP contribution in [0, 0.1) is 11.8 Å². The van der Waals surface area contributed by atoms with Crippen molar-refractivity contribution >= 4 is 11.8 Å². The second kappa shape index (κ2) is 10.0. The largest absolute Gasteiger partial charge is 0.491 e. The molecule has 2 heterocycles. The Morgan fingerprint density at radius 1 is 1.26 bits per heavy atom. The number of aliphatic hydroxyl groups is 1. The molecular weight excluding hydrogens is 436 g/mol. The number of rotatable bonds is 9. The summed E-state index contributed by atoms with van der Waals surface area (Å²) in [5.41, 5.74) is 2.18. The molecule has 5 atom stereocenters. The maximum atomic E-state index is 13.1. The average molecular weight is 469 g/mol. The summed E-state index contributed by atoms with van der Waals surface area (Å²) in [6.45, 7) is 9.43. The summed E-state index contributed by atoms with van der Waals surface area (Å²) in [5.74, 6) is 0.958. The van der Waals surface area contributed by atoms with Crippen LogP contribution < -0.4 is 15.4 Å². The van der Waals surface area contributed by atoms with Crippen LogP contribution in [0.2, 0.25) is 0 Å². The first-order valence-corrected chi connectivity index (χ1v) is 11.6. The number of nitrogens with one attached hydrogen (secondary N) is 2. The molecule has 0 bridgehead atoms. The number of ether oxygens (including phenoxy) is 3. The van der Waals surface area contributed by atoms with Gasteiger partial charge in [0.2, 0.25) is 0 Å². The van der Waals surface area contributed by atoms with Crippen LogP contribution in [-0.4, -0.2) is 62.5 Å². The molecule has 4 rings (SSSR count). The van der Waals surface area contributed by atoms with Gasteiger partial charge in [-0.25, -0.2) is 0 Å². The molecular formula is C26H32N2O6. The van der Waals surface area contributed by atoms with Crippen molar-refractivity contribution in [1.29, 1.82) is 0 Å². The summed E-state index contributed by atoms with van der Waals surface area (Å²) < 4.78 is 17.1. The third-order valence-electron chi connectivity index (χ3n) is 6.63. The third kappa shape index (κ3) is 4.60. The zero-order valence-electron chi connectivity index (χ0n) is 19.8. The van der Waals surface area contributed by atoms with Crippen molar-refractivity contribution in [2.45, 2.75) is 31.9 Å². The highest BCUT2D eigenvalue weighted by molar-refractivity contribution is 6.02. The van der Waals surface area contributed by atoms with Crippen molar-refractivity contribution in [3.05, 3.63) is 65.0 Å². The molecule has 3 aliphatic rings. The molecule has 34 heavy (non-hydrogen) atoms. The molecule has 8 nitrogen and oxygen atoms in total. The normalized spacial score (nSPS) is 27.1. The molecule has 3 N–H and O–H groups in total. The Morgan fingerprint density at radius 2 is 2.00 bits per heavy atom. The van der Waals surface area contributed by atoms with Crippen molar-refractivity contribution in [2.24, 2.45) is 11.8 Å². The van der Waals surface area contributed by atoms with Crippen molar-refractivity contribution in [3.63, 3.8) is 0 Å². The number of carbonyl (C=O) groups is 2. The quantitative estimate of drug-likeness (QED) is 0.379. The summed E-state index contributed by atoms with van der Waals surface area (Å²) in [4.78, 5) is 25.8. The molecule has 1 aromatic rings. The van der Waals surface area contributed by atoms with Gasteiger partial charge in [-0.3, -0.25) is 9.59 Å². The van der Waals surface area contributed by atoms with Crippen molar-refractivity contribution < 1.29 is 28.9 Å². The highest BCUT2D eigenvalue weighted by Gasteiger charge is 2.54. The minimum atomic E-state index is -0.322. The Labute approximate surface area is 199 Å². The number of carbonyl (C=O) groups excluding carboxylic acids is 2. The summed E-state index contributed by atoms with van der Waals surface area (Å²) >= 11 is 0. The van der Waals surface area contributed by atoms with Crippen LogP contribution in [0.3, 0.4) is 0 Å². The topological polar surface area (TPSA) is 106 Å². The molecule has 0 spiro atoms. The van der Waals surface area contributed by atoms with Gasteiger partial charge in [-0.2, -0.15) is 0 Å². The van der Waals surface area contributed by atoms with Crippen LogP contribution in [0.4, 0.5) is 0 Å². The lowest BCUT2D eigenvalue weighted by molar-refractivity contribution is 0.0928. The van der Waals surface area contributed by atoms with Gasteiger partial charge >= 0.3 is 0 Å². The number of amides is 2. The van der Waals surface area contributed by atoms with E-state index >= 15 is 0 Å². The minimum absolute atomic E-state index is 0.101. The zero-order chi connectivity index (χ0) is 24.4. The van der Waals surface area contributed by atoms with Gasteiger partial charge in [0, 0.05) is 42.0 Å². The Bertz CT molecular complexity index is 1040. The molecule has 1 saturated heterocycles. The van der Waals surface area contributed by atoms with Gasteiger partial charge in [0.05, 0.1) is 25.4 Å². The van der Waals surface area contributed by atoms with Gasteiger partial charge < -0.3 is 30.0 Å². The van der Waals surface area contributed by atoms with Gasteiger partial charge in [0.15, 0.2) is 0 Å². The molecule has 1 saturated carbocycles. The zero-order valence-corrected chi connectivity index (χ0v) is 19.8. The van der Waals surface area contributed by atoms with Crippen LogP contribution in [0.25, 0.3) is 0 Å². The first-order valence-electron chi connectivity index (χ1n) is 11.6. The van der Waals surface area contributed by atoms with Crippen molar-refractivity contribution in [1.82, 2.24) is 10.6 Å². The van der Waals surface area contributed by atoms with Crippen LogP contribution in [0.1, 0.15) is 46.0 Å².